The van der Waals surface area contributed by atoms with Gasteiger partial charge in [-0.25, -0.2) is 4.79 Å². The van der Waals surface area contributed by atoms with Gasteiger partial charge >= 0.3 is 6.09 Å². The number of amides is 1. The van der Waals surface area contributed by atoms with Crippen molar-refractivity contribution in [2.75, 3.05) is 6.54 Å². The fourth-order valence-corrected chi connectivity index (χ4v) is 3.90. The van der Waals surface area contributed by atoms with E-state index in [0.29, 0.717) is 5.75 Å². The fourth-order valence-electron chi connectivity index (χ4n) is 3.90. The van der Waals surface area contributed by atoms with Gasteiger partial charge in [-0.3, -0.25) is 0 Å². The average Bonchev–Trinajstić information content (AvgIpc) is 2.90. The van der Waals surface area contributed by atoms with Crippen LogP contribution in [-0.4, -0.2) is 53.6 Å². The molecule has 0 aliphatic carbocycles. The lowest BCUT2D eigenvalue weighted by Gasteiger charge is -2.42. The monoisotopic (exact) mass is 493 g/mol. The number of alkyl carbamates (subject to hydrolysis) is 1. The van der Waals surface area contributed by atoms with E-state index in [9.17, 15) is 15.0 Å². The summed E-state index contributed by atoms with van der Waals surface area (Å²) in [4.78, 5) is 12.3. The Hall–Kier alpha value is -3.43. The zero-order valence-corrected chi connectivity index (χ0v) is 20.0. The maximum atomic E-state index is 12.3. The molecular weight excluding hydrogens is 462 g/mol. The molecule has 0 unspecified atom stereocenters. The van der Waals surface area contributed by atoms with Gasteiger partial charge in [-0.2, -0.15) is 0 Å². The topological polar surface area (TPSA) is 106 Å². The highest BCUT2D eigenvalue weighted by molar-refractivity contribution is 5.67. The van der Waals surface area contributed by atoms with E-state index < -0.39 is 36.8 Å². The first-order chi connectivity index (χ1) is 17.5. The standard InChI is InChI=1S/C28H31NO7/c1-19-12-14-22(15-13-19)35-25-23(16-29-28(32)34-18-21-10-6-3-7-11-21)36-27(31)24(30)26(25)33-17-20-8-4-2-5-9-20/h2-15,23-27,30-31H,16-18H2,1H3,(H,29,32)/t23-,24+,25-,26-,27-/m1/s1. The lowest BCUT2D eigenvalue weighted by Crippen LogP contribution is -2.62. The van der Waals surface area contributed by atoms with Crippen molar-refractivity contribution in [2.24, 2.45) is 0 Å². The van der Waals surface area contributed by atoms with Crippen LogP contribution in [0.1, 0.15) is 16.7 Å². The highest BCUT2D eigenvalue weighted by Crippen LogP contribution is 2.28. The highest BCUT2D eigenvalue weighted by atomic mass is 16.7. The molecule has 1 saturated heterocycles. The van der Waals surface area contributed by atoms with Crippen LogP contribution in [0.4, 0.5) is 4.79 Å². The molecule has 0 spiro atoms. The minimum absolute atomic E-state index is 0.0286. The number of nitrogens with one attached hydrogen (secondary N) is 1. The van der Waals surface area contributed by atoms with Crippen LogP contribution in [0.3, 0.4) is 0 Å². The van der Waals surface area contributed by atoms with Crippen molar-refractivity contribution < 1.29 is 34.0 Å². The van der Waals surface area contributed by atoms with Crippen molar-refractivity contribution in [3.63, 3.8) is 0 Å². The third kappa shape index (κ3) is 7.05. The third-order valence-corrected chi connectivity index (χ3v) is 5.87. The number of benzene rings is 3. The second-order valence-electron chi connectivity index (χ2n) is 8.66. The minimum Gasteiger partial charge on any atom is -0.485 e. The molecule has 190 valence electrons. The summed E-state index contributed by atoms with van der Waals surface area (Å²) in [7, 11) is 0. The van der Waals surface area contributed by atoms with Crippen LogP contribution in [0.5, 0.6) is 5.75 Å². The molecule has 1 fully saturated rings. The average molecular weight is 494 g/mol. The molecule has 0 saturated carbocycles. The third-order valence-electron chi connectivity index (χ3n) is 5.87. The fraction of sp³-hybridized carbons (Fsp3) is 0.321. The Bertz CT molecular complexity index is 1080. The van der Waals surface area contributed by atoms with Crippen molar-refractivity contribution in [3.8, 4) is 5.75 Å². The van der Waals surface area contributed by atoms with Crippen LogP contribution < -0.4 is 10.1 Å². The largest absolute Gasteiger partial charge is 0.485 e. The molecule has 8 nitrogen and oxygen atoms in total. The molecular formula is C28H31NO7. The molecule has 1 aliphatic heterocycles. The Morgan fingerprint density at radius 1 is 0.861 bits per heavy atom. The number of rotatable bonds is 9. The maximum absolute atomic E-state index is 12.3. The SMILES string of the molecule is Cc1ccc(O[C@H]2[C@H](OCc3ccccc3)[C@H](O)[C@H](O)O[C@@H]2CNC(=O)OCc2ccccc2)cc1. The van der Waals surface area contributed by atoms with Crippen molar-refractivity contribution in [2.45, 2.75) is 50.8 Å². The molecule has 3 N–H and O–H groups in total. The summed E-state index contributed by atoms with van der Waals surface area (Å²) in [5.74, 6) is 0.544. The van der Waals surface area contributed by atoms with Crippen LogP contribution >= 0.6 is 0 Å². The summed E-state index contributed by atoms with van der Waals surface area (Å²) in [6, 6.07) is 26.2. The number of aliphatic hydroxyl groups excluding tert-OH is 2. The Balaban J connectivity index is 1.45. The molecule has 5 atom stereocenters. The normalized spacial score (nSPS) is 23.6. The lowest BCUT2D eigenvalue weighted by molar-refractivity contribution is -0.285. The molecule has 0 aromatic heterocycles. The first kappa shape index (κ1) is 25.7. The Kier molecular flexibility index (Phi) is 8.91. The summed E-state index contributed by atoms with van der Waals surface area (Å²) < 4.78 is 23.1. The minimum atomic E-state index is -1.52. The van der Waals surface area contributed by atoms with Crippen molar-refractivity contribution in [1.29, 1.82) is 0 Å². The predicted molar refractivity (Wildman–Crippen MR) is 132 cm³/mol. The van der Waals surface area contributed by atoms with E-state index >= 15 is 0 Å². The molecule has 8 heteroatoms. The van der Waals surface area contributed by atoms with Gasteiger partial charge in [0.15, 0.2) is 12.4 Å². The Morgan fingerprint density at radius 3 is 2.11 bits per heavy atom. The molecule has 1 amide bonds. The number of ether oxygens (including phenoxy) is 4. The van der Waals surface area contributed by atoms with Crippen molar-refractivity contribution in [1.82, 2.24) is 5.32 Å². The zero-order chi connectivity index (χ0) is 25.3. The molecule has 1 heterocycles. The maximum Gasteiger partial charge on any atom is 0.407 e. The number of hydrogen-bond acceptors (Lipinski definition) is 7. The lowest BCUT2D eigenvalue weighted by atomic mass is 9.98. The van der Waals surface area contributed by atoms with Gasteiger partial charge in [0.25, 0.3) is 0 Å². The van der Waals surface area contributed by atoms with E-state index in [4.69, 9.17) is 18.9 Å². The summed E-state index contributed by atoms with van der Waals surface area (Å²) >= 11 is 0. The van der Waals surface area contributed by atoms with Gasteiger partial charge in [-0.15, -0.1) is 0 Å². The van der Waals surface area contributed by atoms with Crippen LogP contribution in [0.15, 0.2) is 84.9 Å². The van der Waals surface area contributed by atoms with E-state index in [2.05, 4.69) is 5.32 Å². The number of carbonyl (C=O) groups is 1. The number of hydrogen-bond donors (Lipinski definition) is 3. The van der Waals surface area contributed by atoms with Gasteiger partial charge in [-0.1, -0.05) is 78.4 Å². The summed E-state index contributed by atoms with van der Waals surface area (Å²) in [6.07, 6.45) is -6.10. The predicted octanol–water partition coefficient (Wildman–Crippen LogP) is 3.33. The van der Waals surface area contributed by atoms with Gasteiger partial charge in [0.05, 0.1) is 13.2 Å². The van der Waals surface area contributed by atoms with Gasteiger partial charge < -0.3 is 34.5 Å². The zero-order valence-electron chi connectivity index (χ0n) is 20.0. The smallest absolute Gasteiger partial charge is 0.407 e. The van der Waals surface area contributed by atoms with Gasteiger partial charge in [-0.05, 0) is 30.2 Å². The van der Waals surface area contributed by atoms with E-state index in [0.717, 1.165) is 16.7 Å². The Labute approximate surface area is 210 Å². The van der Waals surface area contributed by atoms with Crippen LogP contribution in [0.2, 0.25) is 0 Å². The molecule has 3 aromatic carbocycles. The summed E-state index contributed by atoms with van der Waals surface area (Å²) in [5.41, 5.74) is 2.82. The van der Waals surface area contributed by atoms with E-state index in [-0.39, 0.29) is 19.8 Å². The first-order valence-corrected chi connectivity index (χ1v) is 11.8. The second kappa shape index (κ2) is 12.5. The molecule has 0 bridgehead atoms. The molecule has 4 rings (SSSR count). The molecule has 36 heavy (non-hydrogen) atoms. The van der Waals surface area contributed by atoms with Gasteiger partial charge in [0.1, 0.15) is 30.7 Å². The van der Waals surface area contributed by atoms with Crippen LogP contribution in [0.25, 0.3) is 0 Å². The molecule has 0 radical (unpaired) electrons. The van der Waals surface area contributed by atoms with Crippen LogP contribution in [-0.2, 0) is 27.4 Å². The van der Waals surface area contributed by atoms with E-state index in [1.54, 1.807) is 12.1 Å². The van der Waals surface area contributed by atoms with E-state index in [1.807, 2.05) is 79.7 Å². The number of aryl methyl sites for hydroxylation is 1. The molecule has 3 aromatic rings. The van der Waals surface area contributed by atoms with E-state index in [1.165, 1.54) is 0 Å². The van der Waals surface area contributed by atoms with Crippen LogP contribution in [0, 0.1) is 6.92 Å². The van der Waals surface area contributed by atoms with Crippen molar-refractivity contribution in [3.05, 3.63) is 102 Å². The summed E-state index contributed by atoms with van der Waals surface area (Å²) in [5, 5.41) is 23.8. The second-order valence-corrected chi connectivity index (χ2v) is 8.66. The van der Waals surface area contributed by atoms with Gasteiger partial charge in [0, 0.05) is 0 Å². The van der Waals surface area contributed by atoms with Crippen molar-refractivity contribution >= 4 is 6.09 Å². The summed E-state index contributed by atoms with van der Waals surface area (Å²) in [6.45, 7) is 2.25. The highest BCUT2D eigenvalue weighted by Gasteiger charge is 2.47. The number of carbonyl (C=O) groups excluding carboxylic acids is 1. The van der Waals surface area contributed by atoms with Gasteiger partial charge in [0.2, 0.25) is 0 Å². The Morgan fingerprint density at radius 2 is 1.47 bits per heavy atom. The molecule has 1 aliphatic rings. The first-order valence-electron chi connectivity index (χ1n) is 11.8. The quantitative estimate of drug-likeness (QED) is 0.420. The number of aliphatic hydroxyl groups is 2.